The fraction of sp³-hybridized carbons (Fsp3) is 0.545. The number of thiophene rings is 1. The van der Waals surface area contributed by atoms with Gasteiger partial charge in [0.1, 0.15) is 5.60 Å². The molecule has 1 rings (SSSR count). The van der Waals surface area contributed by atoms with Crippen molar-refractivity contribution in [3.8, 4) is 0 Å². The Bertz CT molecular complexity index is 306. The maximum Gasteiger partial charge on any atom is 0.220 e. The van der Waals surface area contributed by atoms with E-state index in [1.807, 2.05) is 24.4 Å². The highest BCUT2D eigenvalue weighted by Gasteiger charge is 2.24. The fourth-order valence-electron chi connectivity index (χ4n) is 1.26. The summed E-state index contributed by atoms with van der Waals surface area (Å²) in [5.74, 6) is -0.00525. The number of aliphatic hydroxyl groups is 1. The van der Waals surface area contributed by atoms with Crippen LogP contribution in [0.2, 0.25) is 0 Å². The second-order valence-electron chi connectivity index (χ2n) is 3.78. The monoisotopic (exact) mass is 227 g/mol. The molecule has 0 aliphatic carbocycles. The van der Waals surface area contributed by atoms with Gasteiger partial charge in [-0.05, 0) is 24.8 Å². The van der Waals surface area contributed by atoms with E-state index in [1.54, 1.807) is 6.92 Å². The molecule has 1 amide bonds. The summed E-state index contributed by atoms with van der Waals surface area (Å²) >= 11 is 1.49. The average Bonchev–Trinajstić information content (AvgIpc) is 2.69. The third-order valence-electron chi connectivity index (χ3n) is 2.16. The molecule has 2 N–H and O–H groups in total. The predicted octanol–water partition coefficient (Wildman–Crippen LogP) is 1.87. The van der Waals surface area contributed by atoms with Gasteiger partial charge in [0, 0.05) is 11.3 Å². The van der Waals surface area contributed by atoms with Gasteiger partial charge in [-0.15, -0.1) is 11.3 Å². The third-order valence-corrected chi connectivity index (χ3v) is 3.28. The van der Waals surface area contributed by atoms with Crippen LogP contribution < -0.4 is 5.32 Å². The molecule has 0 aliphatic heterocycles. The van der Waals surface area contributed by atoms with E-state index in [2.05, 4.69) is 5.32 Å². The first-order valence-electron chi connectivity index (χ1n) is 5.09. The van der Waals surface area contributed by atoms with Gasteiger partial charge < -0.3 is 10.4 Å². The zero-order valence-electron chi connectivity index (χ0n) is 9.12. The highest BCUT2D eigenvalue weighted by molar-refractivity contribution is 7.10. The standard InChI is InChI=1S/C11H17NO2S/c1-3-5-10(13)12-8-11(2,14)9-6-4-7-15-9/h4,6-7,14H,3,5,8H2,1-2H3,(H,12,13). The van der Waals surface area contributed by atoms with Gasteiger partial charge in [-0.25, -0.2) is 0 Å². The topological polar surface area (TPSA) is 49.3 Å². The van der Waals surface area contributed by atoms with Gasteiger partial charge in [-0.1, -0.05) is 13.0 Å². The number of hydrogen-bond acceptors (Lipinski definition) is 3. The number of nitrogens with one attached hydrogen (secondary N) is 1. The summed E-state index contributed by atoms with van der Waals surface area (Å²) in [6.45, 7) is 3.94. The Morgan fingerprint density at radius 2 is 2.40 bits per heavy atom. The second kappa shape index (κ2) is 5.28. The van der Waals surface area contributed by atoms with E-state index < -0.39 is 5.60 Å². The molecule has 0 spiro atoms. The maximum absolute atomic E-state index is 11.2. The molecule has 3 nitrogen and oxygen atoms in total. The summed E-state index contributed by atoms with van der Waals surface area (Å²) in [5.41, 5.74) is -0.961. The molecule has 0 saturated carbocycles. The first-order chi connectivity index (χ1) is 7.06. The largest absolute Gasteiger partial charge is 0.383 e. The molecular formula is C11H17NO2S. The van der Waals surface area contributed by atoms with E-state index in [1.165, 1.54) is 11.3 Å². The average molecular weight is 227 g/mol. The Balaban J connectivity index is 2.47. The molecule has 1 atom stereocenters. The van der Waals surface area contributed by atoms with Crippen molar-refractivity contribution in [1.29, 1.82) is 0 Å². The molecule has 84 valence electrons. The number of amides is 1. The molecule has 1 heterocycles. The van der Waals surface area contributed by atoms with E-state index in [9.17, 15) is 9.90 Å². The van der Waals surface area contributed by atoms with Crippen LogP contribution in [0.4, 0.5) is 0 Å². The Hall–Kier alpha value is -0.870. The van der Waals surface area contributed by atoms with Gasteiger partial charge in [0.25, 0.3) is 0 Å². The van der Waals surface area contributed by atoms with Crippen molar-refractivity contribution < 1.29 is 9.90 Å². The van der Waals surface area contributed by atoms with Crippen LogP contribution in [0.1, 0.15) is 31.6 Å². The number of carbonyl (C=O) groups excluding carboxylic acids is 1. The van der Waals surface area contributed by atoms with Crippen molar-refractivity contribution >= 4 is 17.2 Å². The van der Waals surface area contributed by atoms with Crippen molar-refractivity contribution in [1.82, 2.24) is 5.32 Å². The van der Waals surface area contributed by atoms with E-state index >= 15 is 0 Å². The van der Waals surface area contributed by atoms with Crippen molar-refractivity contribution in [2.45, 2.75) is 32.3 Å². The van der Waals surface area contributed by atoms with Gasteiger partial charge in [0.2, 0.25) is 5.91 Å². The zero-order chi connectivity index (χ0) is 11.3. The molecule has 1 aromatic rings. The SMILES string of the molecule is CCCC(=O)NCC(C)(O)c1cccs1. The maximum atomic E-state index is 11.2. The van der Waals surface area contributed by atoms with Crippen molar-refractivity contribution in [3.63, 3.8) is 0 Å². The van der Waals surface area contributed by atoms with Crippen molar-refractivity contribution in [2.24, 2.45) is 0 Å². The van der Waals surface area contributed by atoms with Crippen LogP contribution in [0.15, 0.2) is 17.5 Å². The quantitative estimate of drug-likeness (QED) is 0.807. The molecular weight excluding hydrogens is 210 g/mol. The smallest absolute Gasteiger partial charge is 0.220 e. The lowest BCUT2D eigenvalue weighted by atomic mass is 10.1. The molecule has 0 bridgehead atoms. The van der Waals surface area contributed by atoms with Gasteiger partial charge in [-0.3, -0.25) is 4.79 Å². The minimum absolute atomic E-state index is 0.00525. The lowest BCUT2D eigenvalue weighted by Gasteiger charge is -2.22. The van der Waals surface area contributed by atoms with Crippen LogP contribution in [0, 0.1) is 0 Å². The summed E-state index contributed by atoms with van der Waals surface area (Å²) in [6, 6.07) is 3.76. The van der Waals surface area contributed by atoms with Gasteiger partial charge in [0.05, 0.1) is 6.54 Å². The minimum atomic E-state index is -0.961. The minimum Gasteiger partial charge on any atom is -0.383 e. The van der Waals surface area contributed by atoms with Gasteiger partial charge in [-0.2, -0.15) is 0 Å². The van der Waals surface area contributed by atoms with Crippen LogP contribution in [-0.2, 0) is 10.4 Å². The van der Waals surface area contributed by atoms with Crippen LogP contribution in [0.5, 0.6) is 0 Å². The summed E-state index contributed by atoms with van der Waals surface area (Å²) < 4.78 is 0. The predicted molar refractivity (Wildman–Crippen MR) is 61.8 cm³/mol. The van der Waals surface area contributed by atoms with E-state index in [0.717, 1.165) is 11.3 Å². The Morgan fingerprint density at radius 3 is 2.93 bits per heavy atom. The zero-order valence-corrected chi connectivity index (χ0v) is 9.93. The molecule has 1 unspecified atom stereocenters. The lowest BCUT2D eigenvalue weighted by Crippen LogP contribution is -2.37. The van der Waals surface area contributed by atoms with Crippen LogP contribution in [0.25, 0.3) is 0 Å². The van der Waals surface area contributed by atoms with Crippen LogP contribution >= 0.6 is 11.3 Å². The fourth-order valence-corrected chi connectivity index (χ4v) is 2.05. The summed E-state index contributed by atoms with van der Waals surface area (Å²) in [4.78, 5) is 12.1. The molecule has 0 saturated heterocycles. The Morgan fingerprint density at radius 1 is 1.67 bits per heavy atom. The van der Waals surface area contributed by atoms with Crippen LogP contribution in [0.3, 0.4) is 0 Å². The molecule has 4 heteroatoms. The summed E-state index contributed by atoms with van der Waals surface area (Å²) in [6.07, 6.45) is 1.34. The molecule has 0 aromatic carbocycles. The highest BCUT2D eigenvalue weighted by Crippen LogP contribution is 2.24. The van der Waals surface area contributed by atoms with E-state index in [-0.39, 0.29) is 12.5 Å². The number of hydrogen-bond donors (Lipinski definition) is 2. The van der Waals surface area contributed by atoms with Crippen molar-refractivity contribution in [3.05, 3.63) is 22.4 Å². The molecule has 1 aromatic heterocycles. The van der Waals surface area contributed by atoms with Crippen molar-refractivity contribution in [2.75, 3.05) is 6.54 Å². The normalized spacial score (nSPS) is 14.6. The number of carbonyl (C=O) groups is 1. The molecule has 0 radical (unpaired) electrons. The second-order valence-corrected chi connectivity index (χ2v) is 4.73. The summed E-state index contributed by atoms with van der Waals surface area (Å²) in [7, 11) is 0. The molecule has 15 heavy (non-hydrogen) atoms. The van der Waals surface area contributed by atoms with Gasteiger partial charge in [0.15, 0.2) is 0 Å². The Labute approximate surface area is 94.1 Å². The number of rotatable bonds is 5. The summed E-state index contributed by atoms with van der Waals surface area (Å²) in [5, 5.41) is 14.7. The van der Waals surface area contributed by atoms with E-state index in [0.29, 0.717) is 6.42 Å². The van der Waals surface area contributed by atoms with E-state index in [4.69, 9.17) is 0 Å². The highest BCUT2D eigenvalue weighted by atomic mass is 32.1. The molecule has 0 aliphatic rings. The lowest BCUT2D eigenvalue weighted by molar-refractivity contribution is -0.122. The molecule has 0 fully saturated rings. The van der Waals surface area contributed by atoms with Crippen LogP contribution in [-0.4, -0.2) is 17.6 Å². The Kier molecular flexibility index (Phi) is 4.29. The first kappa shape index (κ1) is 12.2. The van der Waals surface area contributed by atoms with Gasteiger partial charge >= 0.3 is 0 Å². The first-order valence-corrected chi connectivity index (χ1v) is 5.97. The third kappa shape index (κ3) is 3.64.